The van der Waals surface area contributed by atoms with Crippen LogP contribution in [-0.2, 0) is 4.79 Å². The lowest BCUT2D eigenvalue weighted by Gasteiger charge is -2.31. The number of hydrogen-bond acceptors (Lipinski definition) is 3. The normalized spacial score (nSPS) is 18.0. The van der Waals surface area contributed by atoms with Gasteiger partial charge >= 0.3 is 12.0 Å². The molecule has 120 valence electrons. The monoisotopic (exact) mass is 305 g/mol. The first kappa shape index (κ1) is 16.1. The van der Waals surface area contributed by atoms with Gasteiger partial charge in [0.1, 0.15) is 0 Å². The van der Waals surface area contributed by atoms with Crippen LogP contribution in [0.4, 0.5) is 16.2 Å². The molecule has 1 atom stereocenters. The van der Waals surface area contributed by atoms with E-state index in [0.717, 1.165) is 23.4 Å². The van der Waals surface area contributed by atoms with Crippen LogP contribution in [0, 0.1) is 12.8 Å². The van der Waals surface area contributed by atoms with Gasteiger partial charge < -0.3 is 20.2 Å². The largest absolute Gasteiger partial charge is 0.481 e. The Hall–Kier alpha value is -2.24. The van der Waals surface area contributed by atoms with Crippen LogP contribution < -0.4 is 10.2 Å². The Kier molecular flexibility index (Phi) is 4.90. The summed E-state index contributed by atoms with van der Waals surface area (Å²) in [6.07, 6.45) is 1.36. The second kappa shape index (κ2) is 6.68. The van der Waals surface area contributed by atoms with Gasteiger partial charge in [0.2, 0.25) is 0 Å². The summed E-state index contributed by atoms with van der Waals surface area (Å²) >= 11 is 0. The van der Waals surface area contributed by atoms with Crippen molar-refractivity contribution in [3.8, 4) is 0 Å². The molecule has 2 rings (SSSR count). The van der Waals surface area contributed by atoms with Crippen LogP contribution in [0.3, 0.4) is 0 Å². The van der Waals surface area contributed by atoms with Gasteiger partial charge in [-0.05, 0) is 37.5 Å². The molecule has 1 aromatic rings. The maximum Gasteiger partial charge on any atom is 0.321 e. The zero-order chi connectivity index (χ0) is 16.3. The van der Waals surface area contributed by atoms with E-state index >= 15 is 0 Å². The van der Waals surface area contributed by atoms with Crippen molar-refractivity contribution in [2.24, 2.45) is 5.92 Å². The average Bonchev–Trinajstić information content (AvgIpc) is 2.49. The Morgan fingerprint density at radius 1 is 1.36 bits per heavy atom. The number of urea groups is 1. The third kappa shape index (κ3) is 3.50. The number of likely N-dealkylation sites (tertiary alicyclic amines) is 1. The minimum atomic E-state index is -0.830. The Morgan fingerprint density at radius 2 is 2.09 bits per heavy atom. The number of nitrogens with zero attached hydrogens (tertiary/aromatic N) is 2. The lowest BCUT2D eigenvalue weighted by atomic mass is 9.99. The number of carbonyl (C=O) groups excluding carboxylic acids is 1. The van der Waals surface area contributed by atoms with Gasteiger partial charge in [0.05, 0.1) is 5.92 Å². The van der Waals surface area contributed by atoms with Gasteiger partial charge in [-0.25, -0.2) is 4.79 Å². The Balaban J connectivity index is 2.09. The summed E-state index contributed by atoms with van der Waals surface area (Å²) in [5, 5.41) is 12.0. The van der Waals surface area contributed by atoms with Crippen LogP contribution in [-0.4, -0.2) is 49.2 Å². The highest BCUT2D eigenvalue weighted by atomic mass is 16.4. The SMILES string of the molecule is Cc1c(NC(=O)N2CCCC(C(=O)O)C2)cccc1N(C)C. The van der Waals surface area contributed by atoms with Gasteiger partial charge in [0.15, 0.2) is 0 Å². The molecule has 0 radical (unpaired) electrons. The number of amides is 2. The third-order valence-electron chi connectivity index (χ3n) is 4.09. The number of aliphatic carboxylic acids is 1. The summed E-state index contributed by atoms with van der Waals surface area (Å²) in [6, 6.07) is 5.52. The van der Waals surface area contributed by atoms with Crippen molar-refractivity contribution >= 4 is 23.4 Å². The summed E-state index contributed by atoms with van der Waals surface area (Å²) in [4.78, 5) is 27.0. The number of carboxylic acid groups (broad SMARTS) is 1. The molecule has 6 nitrogen and oxygen atoms in total. The molecule has 1 saturated heterocycles. The highest BCUT2D eigenvalue weighted by Crippen LogP contribution is 2.26. The molecule has 1 unspecified atom stereocenters. The highest BCUT2D eigenvalue weighted by Gasteiger charge is 2.28. The lowest BCUT2D eigenvalue weighted by Crippen LogP contribution is -2.44. The fourth-order valence-electron chi connectivity index (χ4n) is 2.80. The smallest absolute Gasteiger partial charge is 0.321 e. The number of benzene rings is 1. The minimum absolute atomic E-state index is 0.232. The number of rotatable bonds is 3. The average molecular weight is 305 g/mol. The summed E-state index contributed by atoms with van der Waals surface area (Å²) < 4.78 is 0. The third-order valence-corrected chi connectivity index (χ3v) is 4.09. The molecule has 0 bridgehead atoms. The molecule has 22 heavy (non-hydrogen) atoms. The van der Waals surface area contributed by atoms with E-state index in [9.17, 15) is 9.59 Å². The van der Waals surface area contributed by atoms with Crippen molar-refractivity contribution in [3.05, 3.63) is 23.8 Å². The lowest BCUT2D eigenvalue weighted by molar-refractivity contribution is -0.143. The quantitative estimate of drug-likeness (QED) is 0.899. The van der Waals surface area contributed by atoms with Gasteiger partial charge in [-0.15, -0.1) is 0 Å². The second-order valence-electron chi connectivity index (χ2n) is 5.90. The van der Waals surface area contributed by atoms with E-state index in [0.29, 0.717) is 13.0 Å². The van der Waals surface area contributed by atoms with E-state index in [2.05, 4.69) is 5.32 Å². The van der Waals surface area contributed by atoms with Gasteiger partial charge in [-0.2, -0.15) is 0 Å². The predicted octanol–water partition coefficient (Wildman–Crippen LogP) is 2.39. The van der Waals surface area contributed by atoms with Crippen molar-refractivity contribution in [1.29, 1.82) is 0 Å². The first-order chi connectivity index (χ1) is 10.4. The van der Waals surface area contributed by atoms with Crippen LogP contribution in [0.1, 0.15) is 18.4 Å². The van der Waals surface area contributed by atoms with Crippen LogP contribution in [0.5, 0.6) is 0 Å². The maximum atomic E-state index is 12.4. The van der Waals surface area contributed by atoms with E-state index in [1.54, 1.807) is 4.90 Å². The van der Waals surface area contributed by atoms with E-state index in [-0.39, 0.29) is 12.6 Å². The molecule has 6 heteroatoms. The number of carbonyl (C=O) groups is 2. The number of hydrogen-bond donors (Lipinski definition) is 2. The zero-order valence-electron chi connectivity index (χ0n) is 13.3. The summed E-state index contributed by atoms with van der Waals surface area (Å²) in [6.45, 7) is 2.83. The fourth-order valence-corrected chi connectivity index (χ4v) is 2.80. The Labute approximate surface area is 130 Å². The zero-order valence-corrected chi connectivity index (χ0v) is 13.3. The molecule has 1 fully saturated rings. The van der Waals surface area contributed by atoms with Crippen LogP contribution >= 0.6 is 0 Å². The maximum absolute atomic E-state index is 12.4. The molecule has 1 aliphatic rings. The fraction of sp³-hybridized carbons (Fsp3) is 0.500. The molecule has 0 aliphatic carbocycles. The van der Waals surface area contributed by atoms with Gasteiger partial charge in [-0.3, -0.25) is 4.79 Å². The van der Waals surface area contributed by atoms with Crippen molar-refractivity contribution in [1.82, 2.24) is 4.90 Å². The second-order valence-corrected chi connectivity index (χ2v) is 5.90. The highest BCUT2D eigenvalue weighted by molar-refractivity contribution is 5.91. The first-order valence-corrected chi connectivity index (χ1v) is 7.46. The molecule has 1 aromatic carbocycles. The topological polar surface area (TPSA) is 72.9 Å². The molecule has 1 heterocycles. The minimum Gasteiger partial charge on any atom is -0.481 e. The number of anilines is 2. The Bertz CT molecular complexity index is 572. The van der Waals surface area contributed by atoms with Crippen molar-refractivity contribution in [3.63, 3.8) is 0 Å². The van der Waals surface area contributed by atoms with E-state index < -0.39 is 11.9 Å². The molecule has 0 spiro atoms. The van der Waals surface area contributed by atoms with Gasteiger partial charge in [0, 0.05) is 38.6 Å². The summed E-state index contributed by atoms with van der Waals surface area (Å²) in [5.74, 6) is -1.29. The summed E-state index contributed by atoms with van der Waals surface area (Å²) in [5.41, 5.74) is 2.79. The summed E-state index contributed by atoms with van der Waals surface area (Å²) in [7, 11) is 3.91. The van der Waals surface area contributed by atoms with Crippen LogP contribution in [0.15, 0.2) is 18.2 Å². The molecule has 2 amide bonds. The van der Waals surface area contributed by atoms with Crippen molar-refractivity contribution in [2.45, 2.75) is 19.8 Å². The van der Waals surface area contributed by atoms with Crippen molar-refractivity contribution in [2.75, 3.05) is 37.4 Å². The van der Waals surface area contributed by atoms with E-state index in [1.165, 1.54) is 0 Å². The predicted molar refractivity (Wildman–Crippen MR) is 86.5 cm³/mol. The van der Waals surface area contributed by atoms with Crippen molar-refractivity contribution < 1.29 is 14.7 Å². The molecule has 2 N–H and O–H groups in total. The Morgan fingerprint density at radius 3 is 2.73 bits per heavy atom. The first-order valence-electron chi connectivity index (χ1n) is 7.46. The van der Waals surface area contributed by atoms with Gasteiger partial charge in [0.25, 0.3) is 0 Å². The van der Waals surface area contributed by atoms with Gasteiger partial charge in [-0.1, -0.05) is 6.07 Å². The molecular formula is C16H23N3O3. The van der Waals surface area contributed by atoms with E-state index in [4.69, 9.17) is 5.11 Å². The number of carboxylic acids is 1. The molecule has 0 saturated carbocycles. The standard InChI is InChI=1S/C16H23N3O3/c1-11-13(7-4-8-14(11)18(2)3)17-16(22)19-9-5-6-12(10-19)15(20)21/h4,7-8,12H,5-6,9-10H2,1-3H3,(H,17,22)(H,20,21). The molecule has 0 aromatic heterocycles. The number of nitrogens with one attached hydrogen (secondary N) is 1. The van der Waals surface area contributed by atoms with Crippen LogP contribution in [0.25, 0.3) is 0 Å². The van der Waals surface area contributed by atoms with Crippen LogP contribution in [0.2, 0.25) is 0 Å². The van der Waals surface area contributed by atoms with E-state index in [1.807, 2.05) is 44.1 Å². The number of piperidine rings is 1. The molecular weight excluding hydrogens is 282 g/mol. The molecule has 1 aliphatic heterocycles.